The van der Waals surface area contributed by atoms with Gasteiger partial charge in [0.05, 0.1) is 5.56 Å². The van der Waals surface area contributed by atoms with Gasteiger partial charge in [0.15, 0.2) is 0 Å². The fraction of sp³-hybridized carbons (Fsp3) is 0.250. The normalized spacial score (nSPS) is 10.4. The van der Waals surface area contributed by atoms with Crippen LogP contribution < -0.4 is 4.90 Å². The number of carboxylic acid groups (broad SMARTS) is 1. The Labute approximate surface area is 122 Å². The molecule has 0 fully saturated rings. The first-order chi connectivity index (χ1) is 10.0. The lowest BCUT2D eigenvalue weighted by atomic mass is 10.2. The monoisotopic (exact) mass is 288 g/mol. The average Bonchev–Trinajstić information content (AvgIpc) is 2.49. The molecule has 5 heteroatoms. The smallest absolute Gasteiger partial charge is 0.335 e. The highest BCUT2D eigenvalue weighted by Gasteiger charge is 2.13. The Bertz CT molecular complexity index is 641. The number of rotatable bonds is 5. The number of pyridine rings is 1. The molecule has 0 saturated heterocycles. The van der Waals surface area contributed by atoms with Gasteiger partial charge in [-0.05, 0) is 49.7 Å². The highest BCUT2D eigenvalue weighted by Crippen LogP contribution is 2.25. The molecule has 0 spiro atoms. The van der Waals surface area contributed by atoms with Gasteiger partial charge < -0.3 is 10.0 Å². The van der Waals surface area contributed by atoms with Gasteiger partial charge in [-0.25, -0.2) is 14.2 Å². The van der Waals surface area contributed by atoms with Crippen LogP contribution in [0.4, 0.5) is 15.9 Å². The fourth-order valence-electron chi connectivity index (χ4n) is 2.11. The van der Waals surface area contributed by atoms with E-state index in [2.05, 4.69) is 4.98 Å². The van der Waals surface area contributed by atoms with E-state index >= 15 is 0 Å². The number of hydrogen-bond donors (Lipinski definition) is 1. The van der Waals surface area contributed by atoms with Crippen molar-refractivity contribution in [2.24, 2.45) is 0 Å². The molecule has 0 bridgehead atoms. The second-order valence-corrected chi connectivity index (χ2v) is 4.58. The van der Waals surface area contributed by atoms with E-state index in [0.717, 1.165) is 5.69 Å². The highest BCUT2D eigenvalue weighted by atomic mass is 19.1. The molecule has 0 aliphatic carbocycles. The van der Waals surface area contributed by atoms with Crippen LogP contribution >= 0.6 is 0 Å². The number of anilines is 2. The first-order valence-corrected chi connectivity index (χ1v) is 6.82. The van der Waals surface area contributed by atoms with Crippen molar-refractivity contribution in [2.75, 3.05) is 11.4 Å². The SMILES string of the molecule is CCc1cc(C(=O)O)cc(N(CC)c2ccc(F)cc2)n1. The first kappa shape index (κ1) is 15.0. The van der Waals surface area contributed by atoms with Gasteiger partial charge in [-0.1, -0.05) is 6.92 Å². The number of carbonyl (C=O) groups is 1. The summed E-state index contributed by atoms with van der Waals surface area (Å²) in [6, 6.07) is 9.16. The molecule has 1 aromatic carbocycles. The summed E-state index contributed by atoms with van der Waals surface area (Å²) < 4.78 is 13.0. The number of aryl methyl sites for hydroxylation is 1. The van der Waals surface area contributed by atoms with Crippen molar-refractivity contribution in [3.05, 3.63) is 53.5 Å². The molecule has 1 heterocycles. The predicted molar refractivity (Wildman–Crippen MR) is 79.7 cm³/mol. The van der Waals surface area contributed by atoms with Crippen LogP contribution in [0.2, 0.25) is 0 Å². The lowest BCUT2D eigenvalue weighted by molar-refractivity contribution is 0.0696. The summed E-state index contributed by atoms with van der Waals surface area (Å²) in [5.41, 5.74) is 1.69. The molecule has 0 aliphatic heterocycles. The molecule has 21 heavy (non-hydrogen) atoms. The third kappa shape index (κ3) is 3.37. The van der Waals surface area contributed by atoms with E-state index in [9.17, 15) is 14.3 Å². The molecular weight excluding hydrogens is 271 g/mol. The van der Waals surface area contributed by atoms with Gasteiger partial charge in [0, 0.05) is 17.9 Å². The zero-order valence-electron chi connectivity index (χ0n) is 12.0. The van der Waals surface area contributed by atoms with Crippen LogP contribution in [-0.2, 0) is 6.42 Å². The van der Waals surface area contributed by atoms with E-state index < -0.39 is 5.97 Å². The Balaban J connectivity index is 2.48. The van der Waals surface area contributed by atoms with Crippen LogP contribution in [0.25, 0.3) is 0 Å². The molecule has 0 unspecified atom stereocenters. The Morgan fingerprint density at radius 2 is 1.90 bits per heavy atom. The van der Waals surface area contributed by atoms with E-state index in [4.69, 9.17) is 0 Å². The number of aromatic carboxylic acids is 1. The summed E-state index contributed by atoms with van der Waals surface area (Å²) in [7, 11) is 0. The highest BCUT2D eigenvalue weighted by molar-refractivity contribution is 5.89. The molecule has 0 radical (unpaired) electrons. The summed E-state index contributed by atoms with van der Waals surface area (Å²) in [6.45, 7) is 4.46. The predicted octanol–water partition coefficient (Wildman–Crippen LogP) is 3.64. The molecule has 4 nitrogen and oxygen atoms in total. The number of carboxylic acids is 1. The van der Waals surface area contributed by atoms with Crippen molar-refractivity contribution in [3.63, 3.8) is 0 Å². The number of hydrogen-bond acceptors (Lipinski definition) is 3. The van der Waals surface area contributed by atoms with Gasteiger partial charge in [-0.15, -0.1) is 0 Å². The maximum atomic E-state index is 13.0. The zero-order valence-corrected chi connectivity index (χ0v) is 12.0. The minimum atomic E-state index is -0.983. The van der Waals surface area contributed by atoms with E-state index in [0.29, 0.717) is 24.5 Å². The van der Waals surface area contributed by atoms with Crippen molar-refractivity contribution in [1.29, 1.82) is 0 Å². The largest absolute Gasteiger partial charge is 0.478 e. The van der Waals surface area contributed by atoms with Crippen LogP contribution in [-0.4, -0.2) is 22.6 Å². The summed E-state index contributed by atoms with van der Waals surface area (Å²) in [4.78, 5) is 17.5. The van der Waals surface area contributed by atoms with Gasteiger partial charge in [-0.2, -0.15) is 0 Å². The van der Waals surface area contributed by atoms with Crippen molar-refractivity contribution >= 4 is 17.5 Å². The summed E-state index contributed by atoms with van der Waals surface area (Å²) in [6.07, 6.45) is 0.648. The number of aromatic nitrogens is 1. The molecule has 2 rings (SSSR count). The molecular formula is C16H17FN2O2. The quantitative estimate of drug-likeness (QED) is 0.912. The van der Waals surface area contributed by atoms with E-state index in [1.165, 1.54) is 18.2 Å². The topological polar surface area (TPSA) is 53.4 Å². The summed E-state index contributed by atoms with van der Waals surface area (Å²) >= 11 is 0. The molecule has 0 amide bonds. The number of nitrogens with zero attached hydrogens (tertiary/aromatic N) is 2. The minimum absolute atomic E-state index is 0.206. The maximum absolute atomic E-state index is 13.0. The van der Waals surface area contributed by atoms with Gasteiger partial charge in [0.1, 0.15) is 11.6 Å². The van der Waals surface area contributed by atoms with Crippen molar-refractivity contribution in [3.8, 4) is 0 Å². The number of halogens is 1. The molecule has 1 N–H and O–H groups in total. The van der Waals surface area contributed by atoms with Crippen LogP contribution in [0.3, 0.4) is 0 Å². The second kappa shape index (κ2) is 6.35. The summed E-state index contributed by atoms with van der Waals surface area (Å²) in [5, 5.41) is 9.19. The third-order valence-electron chi connectivity index (χ3n) is 3.21. The van der Waals surface area contributed by atoms with Crippen molar-refractivity contribution in [2.45, 2.75) is 20.3 Å². The Kier molecular flexibility index (Phi) is 4.52. The van der Waals surface area contributed by atoms with E-state index in [1.807, 2.05) is 18.7 Å². The lowest BCUT2D eigenvalue weighted by Gasteiger charge is -2.23. The van der Waals surface area contributed by atoms with E-state index in [1.54, 1.807) is 18.2 Å². The zero-order chi connectivity index (χ0) is 15.4. The number of benzene rings is 1. The minimum Gasteiger partial charge on any atom is -0.478 e. The second-order valence-electron chi connectivity index (χ2n) is 4.58. The summed E-state index contributed by atoms with van der Waals surface area (Å²) in [5.74, 6) is -0.735. The Morgan fingerprint density at radius 1 is 1.24 bits per heavy atom. The van der Waals surface area contributed by atoms with Gasteiger partial charge >= 0.3 is 5.97 Å². The molecule has 2 aromatic rings. The van der Waals surface area contributed by atoms with E-state index in [-0.39, 0.29) is 11.4 Å². The molecule has 0 atom stereocenters. The van der Waals surface area contributed by atoms with Crippen molar-refractivity contribution in [1.82, 2.24) is 4.98 Å². The fourth-order valence-corrected chi connectivity index (χ4v) is 2.11. The Morgan fingerprint density at radius 3 is 2.43 bits per heavy atom. The molecule has 0 saturated carbocycles. The van der Waals surface area contributed by atoms with Crippen LogP contribution in [0.15, 0.2) is 36.4 Å². The molecule has 110 valence electrons. The Hall–Kier alpha value is -2.43. The van der Waals surface area contributed by atoms with Crippen LogP contribution in [0, 0.1) is 5.82 Å². The lowest BCUT2D eigenvalue weighted by Crippen LogP contribution is -2.18. The van der Waals surface area contributed by atoms with Gasteiger partial charge in [0.2, 0.25) is 0 Å². The van der Waals surface area contributed by atoms with Crippen LogP contribution in [0.1, 0.15) is 29.9 Å². The van der Waals surface area contributed by atoms with Gasteiger partial charge in [-0.3, -0.25) is 0 Å². The maximum Gasteiger partial charge on any atom is 0.335 e. The van der Waals surface area contributed by atoms with Crippen molar-refractivity contribution < 1.29 is 14.3 Å². The average molecular weight is 288 g/mol. The standard InChI is InChI=1S/C16H17FN2O2/c1-3-13-9-11(16(20)21)10-15(18-13)19(4-2)14-7-5-12(17)6-8-14/h5-10H,3-4H2,1-2H3,(H,20,21). The molecule has 1 aromatic heterocycles. The molecule has 0 aliphatic rings. The first-order valence-electron chi connectivity index (χ1n) is 6.82. The van der Waals surface area contributed by atoms with Gasteiger partial charge in [0.25, 0.3) is 0 Å². The van der Waals surface area contributed by atoms with Crippen LogP contribution in [0.5, 0.6) is 0 Å². The third-order valence-corrected chi connectivity index (χ3v) is 3.21.